The number of ether oxygens (including phenoxy) is 2. The third-order valence-corrected chi connectivity index (χ3v) is 4.31. The van der Waals surface area contributed by atoms with Crippen LogP contribution in [0.3, 0.4) is 0 Å². The summed E-state index contributed by atoms with van der Waals surface area (Å²) in [6.45, 7) is 0.429. The molecule has 24 heavy (non-hydrogen) atoms. The van der Waals surface area contributed by atoms with Crippen LogP contribution in [0.15, 0.2) is 42.5 Å². The summed E-state index contributed by atoms with van der Waals surface area (Å²) in [6, 6.07) is 13.8. The number of rotatable bonds is 6. The van der Waals surface area contributed by atoms with Crippen molar-refractivity contribution in [2.45, 2.75) is 32.3 Å². The normalized spacial score (nSPS) is 13.2. The molecule has 0 atom stereocenters. The lowest BCUT2D eigenvalue weighted by Crippen LogP contribution is -2.20. The summed E-state index contributed by atoms with van der Waals surface area (Å²) in [4.78, 5) is 12.2. The number of carbonyl (C=O) groups excluding carboxylic acids is 1. The van der Waals surface area contributed by atoms with Crippen LogP contribution in [0.4, 0.5) is 5.69 Å². The number of nitrogens with one attached hydrogen (secondary N) is 1. The van der Waals surface area contributed by atoms with Gasteiger partial charge in [-0.25, -0.2) is 0 Å². The molecule has 0 saturated carbocycles. The van der Waals surface area contributed by atoms with Gasteiger partial charge in [0, 0.05) is 5.69 Å². The molecule has 126 valence electrons. The van der Waals surface area contributed by atoms with Gasteiger partial charge in [-0.3, -0.25) is 4.79 Å². The molecule has 1 aliphatic rings. The van der Waals surface area contributed by atoms with Crippen LogP contribution in [0, 0.1) is 0 Å². The minimum absolute atomic E-state index is 0.0425. The third kappa shape index (κ3) is 4.15. The SMILES string of the molecule is COc1cccc(COCC(=O)Nc2cccc3c2CCCC3)c1. The van der Waals surface area contributed by atoms with Gasteiger partial charge in [0.2, 0.25) is 5.91 Å². The van der Waals surface area contributed by atoms with Crippen LogP contribution in [0.5, 0.6) is 5.75 Å². The highest BCUT2D eigenvalue weighted by Crippen LogP contribution is 2.27. The second-order valence-corrected chi connectivity index (χ2v) is 6.04. The Morgan fingerprint density at radius 3 is 2.83 bits per heavy atom. The van der Waals surface area contributed by atoms with Gasteiger partial charge in [0.25, 0.3) is 0 Å². The quantitative estimate of drug-likeness (QED) is 0.880. The predicted molar refractivity (Wildman–Crippen MR) is 94.4 cm³/mol. The van der Waals surface area contributed by atoms with E-state index in [1.54, 1.807) is 7.11 Å². The monoisotopic (exact) mass is 325 g/mol. The van der Waals surface area contributed by atoms with Gasteiger partial charge in [0.1, 0.15) is 12.4 Å². The second-order valence-electron chi connectivity index (χ2n) is 6.04. The fourth-order valence-corrected chi connectivity index (χ4v) is 3.11. The highest BCUT2D eigenvalue weighted by molar-refractivity contribution is 5.92. The van der Waals surface area contributed by atoms with E-state index in [0.717, 1.165) is 29.8 Å². The molecule has 3 rings (SSSR count). The van der Waals surface area contributed by atoms with Crippen molar-refractivity contribution in [3.63, 3.8) is 0 Å². The molecule has 0 radical (unpaired) electrons. The molecule has 0 unspecified atom stereocenters. The molecule has 1 N–H and O–H groups in total. The zero-order valence-corrected chi connectivity index (χ0v) is 14.0. The first-order chi connectivity index (χ1) is 11.8. The van der Waals surface area contributed by atoms with Crippen LogP contribution in [-0.2, 0) is 29.0 Å². The average molecular weight is 325 g/mol. The Morgan fingerprint density at radius 2 is 1.96 bits per heavy atom. The molecule has 0 fully saturated rings. The van der Waals surface area contributed by atoms with E-state index in [0.29, 0.717) is 6.61 Å². The molecule has 0 aromatic heterocycles. The van der Waals surface area contributed by atoms with Gasteiger partial charge in [-0.2, -0.15) is 0 Å². The zero-order chi connectivity index (χ0) is 16.8. The Hall–Kier alpha value is -2.33. The lowest BCUT2D eigenvalue weighted by molar-refractivity contribution is -0.121. The largest absolute Gasteiger partial charge is 0.497 e. The molecule has 0 bridgehead atoms. The summed E-state index contributed by atoms with van der Waals surface area (Å²) >= 11 is 0. The highest BCUT2D eigenvalue weighted by Gasteiger charge is 2.14. The van der Waals surface area contributed by atoms with Gasteiger partial charge in [0.15, 0.2) is 0 Å². The van der Waals surface area contributed by atoms with E-state index in [1.165, 1.54) is 24.0 Å². The standard InChI is InChI=1S/C20H23NO3/c1-23-17-9-4-6-15(12-17)13-24-14-20(22)21-19-11-5-8-16-7-2-3-10-18(16)19/h4-6,8-9,11-12H,2-3,7,10,13-14H2,1H3,(H,21,22). The molecule has 0 saturated heterocycles. The lowest BCUT2D eigenvalue weighted by Gasteiger charge is -2.19. The molecular formula is C20H23NO3. The molecule has 0 aliphatic heterocycles. The van der Waals surface area contributed by atoms with E-state index >= 15 is 0 Å². The minimum Gasteiger partial charge on any atom is -0.497 e. The molecule has 1 aliphatic carbocycles. The first-order valence-electron chi connectivity index (χ1n) is 8.37. The van der Waals surface area contributed by atoms with Gasteiger partial charge in [0.05, 0.1) is 13.7 Å². The average Bonchev–Trinajstić information content (AvgIpc) is 2.62. The number of benzene rings is 2. The van der Waals surface area contributed by atoms with Crippen molar-refractivity contribution < 1.29 is 14.3 Å². The van der Waals surface area contributed by atoms with Crippen LogP contribution in [0.25, 0.3) is 0 Å². The smallest absolute Gasteiger partial charge is 0.250 e. The van der Waals surface area contributed by atoms with Crippen LogP contribution in [0.1, 0.15) is 29.5 Å². The molecule has 2 aromatic rings. The van der Waals surface area contributed by atoms with Crippen molar-refractivity contribution in [2.75, 3.05) is 19.0 Å². The number of carbonyl (C=O) groups is 1. The number of fused-ring (bicyclic) bond motifs is 1. The topological polar surface area (TPSA) is 47.6 Å². The summed E-state index contributed by atoms with van der Waals surface area (Å²) in [7, 11) is 1.63. The fraction of sp³-hybridized carbons (Fsp3) is 0.350. The second kappa shape index (κ2) is 7.97. The third-order valence-electron chi connectivity index (χ3n) is 4.31. The lowest BCUT2D eigenvalue weighted by atomic mass is 9.90. The highest BCUT2D eigenvalue weighted by atomic mass is 16.5. The van der Waals surface area contributed by atoms with Crippen molar-refractivity contribution in [1.29, 1.82) is 0 Å². The number of amides is 1. The maximum atomic E-state index is 12.2. The predicted octanol–water partition coefficient (Wildman–Crippen LogP) is 3.73. The number of aryl methyl sites for hydroxylation is 1. The van der Waals surface area contributed by atoms with E-state index in [9.17, 15) is 4.79 Å². The Morgan fingerprint density at radius 1 is 1.12 bits per heavy atom. The number of hydrogen-bond donors (Lipinski definition) is 1. The molecule has 0 spiro atoms. The minimum atomic E-state index is -0.114. The number of anilines is 1. The van der Waals surface area contributed by atoms with Crippen LogP contribution in [-0.4, -0.2) is 19.6 Å². The summed E-state index contributed by atoms with van der Waals surface area (Å²) in [5, 5.41) is 2.99. The maximum absolute atomic E-state index is 12.2. The summed E-state index contributed by atoms with van der Waals surface area (Å²) in [5.74, 6) is 0.674. The zero-order valence-electron chi connectivity index (χ0n) is 14.0. The fourth-order valence-electron chi connectivity index (χ4n) is 3.11. The van der Waals surface area contributed by atoms with Crippen molar-refractivity contribution in [2.24, 2.45) is 0 Å². The van der Waals surface area contributed by atoms with Crippen molar-refractivity contribution >= 4 is 11.6 Å². The van der Waals surface area contributed by atoms with E-state index in [1.807, 2.05) is 36.4 Å². The summed E-state index contributed by atoms with van der Waals surface area (Å²) < 4.78 is 10.7. The molecule has 4 heteroatoms. The van der Waals surface area contributed by atoms with Crippen molar-refractivity contribution in [3.8, 4) is 5.75 Å². The first kappa shape index (κ1) is 16.5. The Kier molecular flexibility index (Phi) is 5.49. The Labute approximate surface area is 142 Å². The van der Waals surface area contributed by atoms with E-state index in [2.05, 4.69) is 11.4 Å². The van der Waals surface area contributed by atoms with Gasteiger partial charge in [-0.1, -0.05) is 24.3 Å². The van der Waals surface area contributed by atoms with Crippen molar-refractivity contribution in [3.05, 3.63) is 59.2 Å². The molecule has 0 heterocycles. The molecule has 4 nitrogen and oxygen atoms in total. The number of methoxy groups -OCH3 is 1. The Bertz CT molecular complexity index is 712. The molecular weight excluding hydrogens is 302 g/mol. The van der Waals surface area contributed by atoms with Gasteiger partial charge in [-0.15, -0.1) is 0 Å². The number of hydrogen-bond acceptors (Lipinski definition) is 3. The van der Waals surface area contributed by atoms with Gasteiger partial charge >= 0.3 is 0 Å². The van der Waals surface area contributed by atoms with E-state index in [-0.39, 0.29) is 12.5 Å². The molecule has 2 aromatic carbocycles. The van der Waals surface area contributed by atoms with E-state index in [4.69, 9.17) is 9.47 Å². The maximum Gasteiger partial charge on any atom is 0.250 e. The Balaban J connectivity index is 1.53. The van der Waals surface area contributed by atoms with E-state index < -0.39 is 0 Å². The van der Waals surface area contributed by atoms with Crippen LogP contribution >= 0.6 is 0 Å². The summed E-state index contributed by atoms with van der Waals surface area (Å²) in [6.07, 6.45) is 4.56. The van der Waals surface area contributed by atoms with Crippen LogP contribution in [0.2, 0.25) is 0 Å². The van der Waals surface area contributed by atoms with Crippen molar-refractivity contribution in [1.82, 2.24) is 0 Å². The summed E-state index contributed by atoms with van der Waals surface area (Å²) in [5.41, 5.74) is 4.56. The first-order valence-corrected chi connectivity index (χ1v) is 8.37. The molecule has 1 amide bonds. The van der Waals surface area contributed by atoms with Gasteiger partial charge < -0.3 is 14.8 Å². The van der Waals surface area contributed by atoms with Crippen LogP contribution < -0.4 is 10.1 Å². The van der Waals surface area contributed by atoms with Gasteiger partial charge in [-0.05, 0) is 60.6 Å².